The van der Waals surface area contributed by atoms with E-state index in [1.165, 1.54) is 29.3 Å². The van der Waals surface area contributed by atoms with Crippen LogP contribution in [-0.2, 0) is 14.8 Å². The van der Waals surface area contributed by atoms with E-state index >= 15 is 0 Å². The molecule has 3 aromatic carbocycles. The highest BCUT2D eigenvalue weighted by Gasteiger charge is 2.18. The fraction of sp³-hybridized carbons (Fsp3) is 0.0870. The van der Waals surface area contributed by atoms with Crippen LogP contribution < -0.4 is 4.72 Å². The molecule has 4 aromatic rings. The number of benzene rings is 3. The van der Waals surface area contributed by atoms with E-state index < -0.39 is 16.0 Å². The van der Waals surface area contributed by atoms with Gasteiger partial charge in [0, 0.05) is 15.3 Å². The van der Waals surface area contributed by atoms with E-state index in [9.17, 15) is 13.2 Å². The van der Waals surface area contributed by atoms with Crippen LogP contribution in [0.2, 0.25) is 0 Å². The molecular formula is C23H19NO4S2. The second-order valence-electron chi connectivity index (χ2n) is 6.80. The van der Waals surface area contributed by atoms with Crippen LogP contribution in [0.25, 0.3) is 20.5 Å². The number of aryl methyl sites for hydroxylation is 1. The number of carbonyl (C=O) groups is 1. The predicted octanol–water partition coefficient (Wildman–Crippen LogP) is 5.46. The molecule has 0 saturated heterocycles. The lowest BCUT2D eigenvalue weighted by Crippen LogP contribution is -2.14. The Morgan fingerprint density at radius 2 is 1.70 bits per heavy atom. The first-order valence-electron chi connectivity index (χ1n) is 9.18. The second-order valence-corrected chi connectivity index (χ2v) is 9.57. The minimum atomic E-state index is -3.85. The Bertz CT molecular complexity index is 1310. The number of methoxy groups -OCH3 is 1. The van der Waals surface area contributed by atoms with Crippen LogP contribution in [-0.4, -0.2) is 21.5 Å². The molecule has 1 N–H and O–H groups in total. The minimum Gasteiger partial charge on any atom is -0.465 e. The van der Waals surface area contributed by atoms with Gasteiger partial charge in [0.15, 0.2) is 0 Å². The van der Waals surface area contributed by atoms with Crippen molar-refractivity contribution in [2.24, 2.45) is 0 Å². The van der Waals surface area contributed by atoms with Crippen molar-refractivity contribution in [1.82, 2.24) is 0 Å². The first-order chi connectivity index (χ1) is 14.4. The van der Waals surface area contributed by atoms with Crippen LogP contribution in [0.3, 0.4) is 0 Å². The quantitative estimate of drug-likeness (QED) is 0.421. The van der Waals surface area contributed by atoms with Crippen LogP contribution >= 0.6 is 11.3 Å². The summed E-state index contributed by atoms with van der Waals surface area (Å²) in [6.07, 6.45) is 0. The third-order valence-corrected chi connectivity index (χ3v) is 7.32. The molecule has 0 bridgehead atoms. The van der Waals surface area contributed by atoms with Gasteiger partial charge in [-0.25, -0.2) is 13.2 Å². The molecule has 0 aliphatic rings. The summed E-state index contributed by atoms with van der Waals surface area (Å²) in [6.45, 7) is 1.73. The third kappa shape index (κ3) is 3.94. The summed E-state index contributed by atoms with van der Waals surface area (Å²) in [5.41, 5.74) is 2.33. The third-order valence-electron chi connectivity index (χ3n) is 4.77. The average Bonchev–Trinajstić information content (AvgIpc) is 3.18. The molecule has 30 heavy (non-hydrogen) atoms. The Labute approximate surface area is 179 Å². The first-order valence-corrected chi connectivity index (χ1v) is 11.5. The standard InChI is InChI=1S/C23H19NO4S2/c1-15-7-12-19(14-20(15)23(25)28-2)30(26,27)24-18-10-8-16(9-11-18)22-13-17-5-3-4-6-21(17)29-22/h3-14,24H,1-2H3. The Hall–Kier alpha value is -3.16. The van der Waals surface area contributed by atoms with Gasteiger partial charge in [-0.1, -0.05) is 36.4 Å². The SMILES string of the molecule is COC(=O)c1cc(S(=O)(=O)Nc2ccc(-c3cc4ccccc4s3)cc2)ccc1C. The Morgan fingerprint density at radius 1 is 0.967 bits per heavy atom. The molecule has 0 radical (unpaired) electrons. The summed E-state index contributed by atoms with van der Waals surface area (Å²) in [4.78, 5) is 13.0. The summed E-state index contributed by atoms with van der Waals surface area (Å²) in [5.74, 6) is -0.572. The smallest absolute Gasteiger partial charge is 0.338 e. The van der Waals surface area contributed by atoms with Crippen LogP contribution in [0.1, 0.15) is 15.9 Å². The molecule has 0 saturated carbocycles. The Morgan fingerprint density at radius 3 is 2.40 bits per heavy atom. The highest BCUT2D eigenvalue weighted by atomic mass is 32.2. The van der Waals surface area contributed by atoms with Crippen LogP contribution in [0.4, 0.5) is 5.69 Å². The van der Waals surface area contributed by atoms with E-state index in [0.29, 0.717) is 11.3 Å². The highest BCUT2D eigenvalue weighted by Crippen LogP contribution is 2.34. The number of nitrogens with one attached hydrogen (secondary N) is 1. The molecule has 5 nitrogen and oxygen atoms in total. The second kappa shape index (κ2) is 7.93. The maximum absolute atomic E-state index is 12.8. The number of thiophene rings is 1. The number of hydrogen-bond acceptors (Lipinski definition) is 5. The molecule has 0 spiro atoms. The van der Waals surface area contributed by atoms with Gasteiger partial charge in [-0.2, -0.15) is 0 Å². The van der Waals surface area contributed by atoms with Gasteiger partial charge in [0.05, 0.1) is 17.6 Å². The van der Waals surface area contributed by atoms with Crippen molar-refractivity contribution in [3.8, 4) is 10.4 Å². The lowest BCUT2D eigenvalue weighted by molar-refractivity contribution is 0.0599. The van der Waals surface area contributed by atoms with E-state index in [0.717, 1.165) is 10.4 Å². The van der Waals surface area contributed by atoms with E-state index in [1.807, 2.05) is 24.3 Å². The van der Waals surface area contributed by atoms with Gasteiger partial charge in [0.2, 0.25) is 0 Å². The van der Waals surface area contributed by atoms with Crippen LogP contribution in [0.5, 0.6) is 0 Å². The molecule has 0 amide bonds. The van der Waals surface area contributed by atoms with Crippen LogP contribution in [0, 0.1) is 6.92 Å². The largest absolute Gasteiger partial charge is 0.465 e. The van der Waals surface area contributed by atoms with Crippen molar-refractivity contribution in [2.75, 3.05) is 11.8 Å². The van der Waals surface area contributed by atoms with E-state index in [1.54, 1.807) is 36.5 Å². The zero-order valence-electron chi connectivity index (χ0n) is 16.4. The maximum atomic E-state index is 12.8. The lowest BCUT2D eigenvalue weighted by atomic mass is 10.1. The summed E-state index contributed by atoms with van der Waals surface area (Å²) >= 11 is 1.69. The monoisotopic (exact) mass is 437 g/mol. The molecule has 4 rings (SSSR count). The normalized spacial score (nSPS) is 11.4. The molecular weight excluding hydrogens is 418 g/mol. The molecule has 152 valence electrons. The number of hydrogen-bond donors (Lipinski definition) is 1. The topological polar surface area (TPSA) is 72.5 Å². The average molecular weight is 438 g/mol. The van der Waals surface area contributed by atoms with Gasteiger partial charge in [0.25, 0.3) is 10.0 Å². The molecule has 0 unspecified atom stereocenters. The molecule has 7 heteroatoms. The zero-order valence-corrected chi connectivity index (χ0v) is 18.0. The maximum Gasteiger partial charge on any atom is 0.338 e. The van der Waals surface area contributed by atoms with Gasteiger partial charge < -0.3 is 4.74 Å². The minimum absolute atomic E-state index is 0.00193. The Balaban J connectivity index is 1.59. The number of rotatable bonds is 5. The molecule has 0 aliphatic heterocycles. The number of anilines is 1. The van der Waals surface area contributed by atoms with Gasteiger partial charge in [-0.15, -0.1) is 11.3 Å². The molecule has 0 fully saturated rings. The van der Waals surface area contributed by atoms with Crippen molar-refractivity contribution in [3.63, 3.8) is 0 Å². The number of fused-ring (bicyclic) bond motifs is 1. The van der Waals surface area contributed by atoms with E-state index in [4.69, 9.17) is 4.74 Å². The molecule has 1 heterocycles. The van der Waals surface area contributed by atoms with Crippen LogP contribution in [0.15, 0.2) is 77.7 Å². The lowest BCUT2D eigenvalue weighted by Gasteiger charge is -2.11. The van der Waals surface area contributed by atoms with Crippen molar-refractivity contribution >= 4 is 43.1 Å². The number of sulfonamides is 1. The van der Waals surface area contributed by atoms with Gasteiger partial charge in [-0.3, -0.25) is 4.72 Å². The van der Waals surface area contributed by atoms with Crippen molar-refractivity contribution < 1.29 is 17.9 Å². The van der Waals surface area contributed by atoms with E-state index in [-0.39, 0.29) is 10.5 Å². The number of carbonyl (C=O) groups excluding carboxylic acids is 1. The van der Waals surface area contributed by atoms with Crippen molar-refractivity contribution in [2.45, 2.75) is 11.8 Å². The fourth-order valence-corrected chi connectivity index (χ4v) is 5.29. The molecule has 0 aliphatic carbocycles. The van der Waals surface area contributed by atoms with Gasteiger partial charge in [-0.05, 0) is 59.8 Å². The zero-order chi connectivity index (χ0) is 21.3. The van der Waals surface area contributed by atoms with Crippen molar-refractivity contribution in [3.05, 3.63) is 83.9 Å². The van der Waals surface area contributed by atoms with Crippen molar-refractivity contribution in [1.29, 1.82) is 0 Å². The first kappa shape index (κ1) is 20.1. The fourth-order valence-electron chi connectivity index (χ4n) is 3.14. The van der Waals surface area contributed by atoms with Gasteiger partial charge in [0.1, 0.15) is 0 Å². The van der Waals surface area contributed by atoms with Gasteiger partial charge >= 0.3 is 5.97 Å². The summed E-state index contributed by atoms with van der Waals surface area (Å²) in [7, 11) is -2.58. The summed E-state index contributed by atoms with van der Waals surface area (Å²) in [6, 6.07) is 21.9. The van der Waals surface area contributed by atoms with E-state index in [2.05, 4.69) is 22.9 Å². The predicted molar refractivity (Wildman–Crippen MR) is 121 cm³/mol. The summed E-state index contributed by atoms with van der Waals surface area (Å²) in [5, 5.41) is 1.18. The molecule has 0 atom stereocenters. The number of ether oxygens (including phenoxy) is 1. The number of esters is 1. The highest BCUT2D eigenvalue weighted by molar-refractivity contribution is 7.92. The Kier molecular flexibility index (Phi) is 5.32. The summed E-state index contributed by atoms with van der Waals surface area (Å²) < 4.78 is 34.1. The molecule has 1 aromatic heterocycles.